The topological polar surface area (TPSA) is 44.4 Å². The number of rotatable bonds is 6. The number of carbonyl (C=O) groups is 1. The molecule has 0 spiro atoms. The van der Waals surface area contributed by atoms with Crippen LogP contribution in [-0.4, -0.2) is 25.0 Å². The number of benzene rings is 2. The number of amides is 1. The summed E-state index contributed by atoms with van der Waals surface area (Å²) in [6.07, 6.45) is 6.68. The molecule has 5 heteroatoms. The van der Waals surface area contributed by atoms with E-state index in [0.29, 0.717) is 6.04 Å². The summed E-state index contributed by atoms with van der Waals surface area (Å²) >= 11 is 6.07. The van der Waals surface area contributed by atoms with Crippen molar-refractivity contribution in [1.29, 1.82) is 0 Å². The SMILES string of the molecule is O=C(Nc1ccc(N2CCC(NCc3cccc(Cl)c3)CC2)cc1)C1CCCC1. The van der Waals surface area contributed by atoms with Gasteiger partial charge in [0, 0.05) is 48.0 Å². The van der Waals surface area contributed by atoms with Crippen molar-refractivity contribution >= 4 is 28.9 Å². The van der Waals surface area contributed by atoms with Gasteiger partial charge in [-0.3, -0.25) is 4.79 Å². The maximum absolute atomic E-state index is 12.3. The van der Waals surface area contributed by atoms with Gasteiger partial charge in [0.05, 0.1) is 0 Å². The Morgan fingerprint density at radius 1 is 1.00 bits per heavy atom. The van der Waals surface area contributed by atoms with Crippen molar-refractivity contribution in [2.45, 2.75) is 51.1 Å². The molecule has 1 heterocycles. The zero-order chi connectivity index (χ0) is 20.1. The number of hydrogen-bond acceptors (Lipinski definition) is 3. The van der Waals surface area contributed by atoms with Gasteiger partial charge in [0.1, 0.15) is 0 Å². The van der Waals surface area contributed by atoms with Crippen molar-refractivity contribution in [3.8, 4) is 0 Å². The Morgan fingerprint density at radius 3 is 2.41 bits per heavy atom. The molecule has 1 saturated heterocycles. The molecule has 1 aliphatic heterocycles. The van der Waals surface area contributed by atoms with Gasteiger partial charge in [-0.15, -0.1) is 0 Å². The molecule has 4 nitrogen and oxygen atoms in total. The van der Waals surface area contributed by atoms with Gasteiger partial charge in [-0.2, -0.15) is 0 Å². The molecule has 0 aromatic heterocycles. The second-order valence-corrected chi connectivity index (χ2v) is 8.73. The molecule has 1 aliphatic carbocycles. The number of nitrogens with zero attached hydrogens (tertiary/aromatic N) is 1. The van der Waals surface area contributed by atoms with E-state index < -0.39 is 0 Å². The van der Waals surface area contributed by atoms with Crippen molar-refractivity contribution in [3.05, 3.63) is 59.1 Å². The van der Waals surface area contributed by atoms with E-state index in [2.05, 4.69) is 33.7 Å². The van der Waals surface area contributed by atoms with Gasteiger partial charge in [-0.1, -0.05) is 36.6 Å². The lowest BCUT2D eigenvalue weighted by atomic mass is 10.0. The molecule has 0 atom stereocenters. The largest absolute Gasteiger partial charge is 0.371 e. The quantitative estimate of drug-likeness (QED) is 0.684. The number of hydrogen-bond donors (Lipinski definition) is 2. The fraction of sp³-hybridized carbons (Fsp3) is 0.458. The summed E-state index contributed by atoms with van der Waals surface area (Å²) in [6, 6.07) is 16.9. The molecule has 29 heavy (non-hydrogen) atoms. The first-order valence-corrected chi connectivity index (χ1v) is 11.2. The van der Waals surface area contributed by atoms with E-state index in [1.54, 1.807) is 0 Å². The summed E-state index contributed by atoms with van der Waals surface area (Å²) in [5, 5.41) is 7.54. The Balaban J connectivity index is 1.23. The van der Waals surface area contributed by atoms with Crippen molar-refractivity contribution in [3.63, 3.8) is 0 Å². The van der Waals surface area contributed by atoms with E-state index in [-0.39, 0.29) is 11.8 Å². The summed E-state index contributed by atoms with van der Waals surface area (Å²) in [6.45, 7) is 2.95. The molecule has 2 aliphatic rings. The minimum Gasteiger partial charge on any atom is -0.371 e. The lowest BCUT2D eigenvalue weighted by molar-refractivity contribution is -0.119. The van der Waals surface area contributed by atoms with Crippen LogP contribution < -0.4 is 15.5 Å². The minimum atomic E-state index is 0.182. The van der Waals surface area contributed by atoms with Gasteiger partial charge in [-0.25, -0.2) is 0 Å². The van der Waals surface area contributed by atoms with Crippen LogP contribution in [0, 0.1) is 5.92 Å². The molecule has 2 aromatic carbocycles. The molecule has 1 saturated carbocycles. The Morgan fingerprint density at radius 2 is 1.72 bits per heavy atom. The molecule has 4 rings (SSSR count). The summed E-state index contributed by atoms with van der Waals surface area (Å²) in [7, 11) is 0. The van der Waals surface area contributed by atoms with Crippen molar-refractivity contribution in [1.82, 2.24) is 5.32 Å². The number of carbonyl (C=O) groups excluding carboxylic acids is 1. The molecule has 0 bridgehead atoms. The molecule has 154 valence electrons. The average Bonchev–Trinajstić information content (AvgIpc) is 3.29. The third kappa shape index (κ3) is 5.52. The maximum Gasteiger partial charge on any atom is 0.227 e. The lowest BCUT2D eigenvalue weighted by Gasteiger charge is -2.34. The third-order valence-electron chi connectivity index (χ3n) is 6.20. The molecular formula is C24H30ClN3O. The normalized spacial score (nSPS) is 18.2. The van der Waals surface area contributed by atoms with E-state index in [0.717, 1.165) is 56.0 Å². The Hall–Kier alpha value is -2.04. The molecule has 2 N–H and O–H groups in total. The van der Waals surface area contributed by atoms with E-state index in [1.807, 2.05) is 30.3 Å². The molecule has 2 aromatic rings. The minimum absolute atomic E-state index is 0.182. The second kappa shape index (κ2) is 9.64. The first-order chi connectivity index (χ1) is 14.2. The number of piperidine rings is 1. The van der Waals surface area contributed by atoms with E-state index in [4.69, 9.17) is 11.6 Å². The molecule has 1 amide bonds. The Bertz CT molecular complexity index is 809. The summed E-state index contributed by atoms with van der Waals surface area (Å²) in [5.74, 6) is 0.384. The van der Waals surface area contributed by atoms with Gasteiger partial charge in [0.15, 0.2) is 0 Å². The fourth-order valence-electron chi connectivity index (χ4n) is 4.44. The first kappa shape index (κ1) is 20.2. The van der Waals surface area contributed by atoms with Crippen LogP contribution in [0.4, 0.5) is 11.4 Å². The highest BCUT2D eigenvalue weighted by molar-refractivity contribution is 6.30. The molecular weight excluding hydrogens is 382 g/mol. The predicted octanol–water partition coefficient (Wildman–Crippen LogP) is 5.23. The van der Waals surface area contributed by atoms with Crippen LogP contribution in [0.15, 0.2) is 48.5 Å². The number of nitrogens with one attached hydrogen (secondary N) is 2. The monoisotopic (exact) mass is 411 g/mol. The van der Waals surface area contributed by atoms with E-state index in [1.165, 1.54) is 24.1 Å². The van der Waals surface area contributed by atoms with Crippen LogP contribution in [0.25, 0.3) is 0 Å². The van der Waals surface area contributed by atoms with Crippen molar-refractivity contribution < 1.29 is 4.79 Å². The first-order valence-electron chi connectivity index (χ1n) is 10.8. The van der Waals surface area contributed by atoms with Crippen LogP contribution in [0.1, 0.15) is 44.1 Å². The van der Waals surface area contributed by atoms with Gasteiger partial charge >= 0.3 is 0 Å². The predicted molar refractivity (Wildman–Crippen MR) is 121 cm³/mol. The second-order valence-electron chi connectivity index (χ2n) is 8.29. The average molecular weight is 412 g/mol. The molecule has 0 unspecified atom stereocenters. The van der Waals surface area contributed by atoms with Gasteiger partial charge < -0.3 is 15.5 Å². The Labute approximate surface area is 178 Å². The fourth-order valence-corrected chi connectivity index (χ4v) is 4.65. The van der Waals surface area contributed by atoms with Gasteiger partial charge in [0.2, 0.25) is 5.91 Å². The zero-order valence-electron chi connectivity index (χ0n) is 16.9. The van der Waals surface area contributed by atoms with E-state index >= 15 is 0 Å². The molecule has 2 fully saturated rings. The number of halogens is 1. The Kier molecular flexibility index (Phi) is 6.73. The zero-order valence-corrected chi connectivity index (χ0v) is 17.6. The van der Waals surface area contributed by atoms with Crippen molar-refractivity contribution in [2.75, 3.05) is 23.3 Å². The molecule has 0 radical (unpaired) electrons. The van der Waals surface area contributed by atoms with E-state index in [9.17, 15) is 4.79 Å². The highest BCUT2D eigenvalue weighted by Gasteiger charge is 2.23. The highest BCUT2D eigenvalue weighted by atomic mass is 35.5. The van der Waals surface area contributed by atoms with Crippen LogP contribution >= 0.6 is 11.6 Å². The summed E-state index contributed by atoms with van der Waals surface area (Å²) < 4.78 is 0. The number of anilines is 2. The third-order valence-corrected chi connectivity index (χ3v) is 6.44. The van der Waals surface area contributed by atoms with Gasteiger partial charge in [0.25, 0.3) is 0 Å². The summed E-state index contributed by atoms with van der Waals surface area (Å²) in [5.41, 5.74) is 3.37. The van der Waals surface area contributed by atoms with Crippen LogP contribution in [0.5, 0.6) is 0 Å². The van der Waals surface area contributed by atoms with Gasteiger partial charge in [-0.05, 0) is 67.6 Å². The smallest absolute Gasteiger partial charge is 0.227 e. The van der Waals surface area contributed by atoms with Crippen LogP contribution in [-0.2, 0) is 11.3 Å². The summed E-state index contributed by atoms with van der Waals surface area (Å²) in [4.78, 5) is 14.7. The van der Waals surface area contributed by atoms with Crippen molar-refractivity contribution in [2.24, 2.45) is 5.92 Å². The maximum atomic E-state index is 12.3. The van der Waals surface area contributed by atoms with Crippen LogP contribution in [0.2, 0.25) is 5.02 Å². The highest BCUT2D eigenvalue weighted by Crippen LogP contribution is 2.27. The lowest BCUT2D eigenvalue weighted by Crippen LogP contribution is -2.42. The van der Waals surface area contributed by atoms with Crippen LogP contribution in [0.3, 0.4) is 0 Å². The standard InChI is InChI=1S/C24H30ClN3O/c25-20-7-3-4-18(16-20)17-26-21-12-14-28(15-13-21)23-10-8-22(9-11-23)27-24(29)19-5-1-2-6-19/h3-4,7-11,16,19,21,26H,1-2,5-6,12-15,17H2,(H,27,29).